The van der Waals surface area contributed by atoms with Crippen LogP contribution in [0.25, 0.3) is 0 Å². The highest BCUT2D eigenvalue weighted by atomic mass is 35.5. The second kappa shape index (κ2) is 15.2. The molecule has 2 aromatic carbocycles. The Kier molecular flexibility index (Phi) is 11.0. The highest BCUT2D eigenvalue weighted by Gasteiger charge is 2.37. The maximum Gasteiger partial charge on any atom is 0.330 e. The van der Waals surface area contributed by atoms with Crippen LogP contribution in [0.5, 0.6) is 11.5 Å². The summed E-state index contributed by atoms with van der Waals surface area (Å²) in [6.45, 7) is 5.72. The molecule has 1 aromatic heterocycles. The van der Waals surface area contributed by atoms with Gasteiger partial charge < -0.3 is 14.8 Å². The normalized spacial score (nSPS) is 17.6. The number of fused-ring (bicyclic) bond motifs is 1. The monoisotopic (exact) mass is 679 g/mol. The van der Waals surface area contributed by atoms with E-state index in [0.29, 0.717) is 48.1 Å². The smallest absolute Gasteiger partial charge is 0.330 e. The summed E-state index contributed by atoms with van der Waals surface area (Å²) in [5.74, 6) is 1.69. The average Bonchev–Trinajstić information content (AvgIpc) is 3.07. The van der Waals surface area contributed by atoms with Crippen molar-refractivity contribution >= 4 is 58.3 Å². The third-order valence-corrected chi connectivity index (χ3v) is 9.48. The van der Waals surface area contributed by atoms with E-state index in [2.05, 4.69) is 16.9 Å². The second-order valence-corrected chi connectivity index (χ2v) is 12.6. The molecule has 0 radical (unpaired) electrons. The predicted molar refractivity (Wildman–Crippen MR) is 184 cm³/mol. The van der Waals surface area contributed by atoms with Crippen LogP contribution >= 0.6 is 23.2 Å². The molecule has 1 saturated carbocycles. The fraction of sp³-hybridized carbons (Fsp3) is 0.400. The maximum absolute atomic E-state index is 14.5. The van der Waals surface area contributed by atoms with E-state index in [1.54, 1.807) is 17.2 Å². The van der Waals surface area contributed by atoms with Gasteiger partial charge in [0.25, 0.3) is 0 Å². The zero-order valence-electron chi connectivity index (χ0n) is 26.9. The SMILES string of the molecule is C=CC(=O)CC1CCCCC1Nc1ncc2c(n1)N(Cc1cccc(CC(=O)CC)c1)C(=O)N(c1c(Cl)c(OC)cc(OC)c1Cl)C2. The van der Waals surface area contributed by atoms with Crippen molar-refractivity contribution in [3.05, 3.63) is 75.9 Å². The third kappa shape index (κ3) is 7.55. The van der Waals surface area contributed by atoms with Crippen molar-refractivity contribution in [2.45, 2.75) is 71.0 Å². The average molecular weight is 681 g/mol. The number of amides is 2. The van der Waals surface area contributed by atoms with E-state index in [9.17, 15) is 14.4 Å². The van der Waals surface area contributed by atoms with E-state index in [4.69, 9.17) is 37.7 Å². The number of nitrogens with one attached hydrogen (secondary N) is 1. The van der Waals surface area contributed by atoms with E-state index >= 15 is 0 Å². The number of carbonyl (C=O) groups excluding carboxylic acids is 3. The quantitative estimate of drug-likeness (QED) is 0.184. The minimum atomic E-state index is -0.414. The van der Waals surface area contributed by atoms with Gasteiger partial charge in [-0.05, 0) is 36.0 Å². The van der Waals surface area contributed by atoms with Gasteiger partial charge in [0, 0.05) is 43.1 Å². The molecule has 2 unspecified atom stereocenters. The number of carbonyl (C=O) groups is 3. The molecule has 2 atom stereocenters. The summed E-state index contributed by atoms with van der Waals surface area (Å²) in [6, 6.07) is 8.77. The first-order valence-corrected chi connectivity index (χ1v) is 16.5. The molecule has 3 aromatic rings. The standard InChI is InChI=1S/C35H39Cl2N5O5/c1-5-25(43)15-21-10-9-11-22(14-21)19-42-33-24(18-38-34(40-33)39-27-13-8-7-12-23(27)16-26(44)6-2)20-41(35(42)45)32-30(36)28(46-3)17-29(47-4)31(32)37/h6,9-11,14,17-18,23,27H,2,5,7-8,12-13,15-16,19-20H2,1,3-4H3,(H,38,39,40). The number of methoxy groups -OCH3 is 2. The van der Waals surface area contributed by atoms with Crippen LogP contribution in [-0.4, -0.2) is 47.8 Å². The molecule has 0 bridgehead atoms. The lowest BCUT2D eigenvalue weighted by Crippen LogP contribution is -2.48. The van der Waals surface area contributed by atoms with Crippen molar-refractivity contribution in [3.8, 4) is 11.5 Å². The van der Waals surface area contributed by atoms with Crippen molar-refractivity contribution in [1.82, 2.24) is 9.97 Å². The number of hydrogen-bond donors (Lipinski definition) is 1. The number of benzene rings is 2. The number of allylic oxidation sites excluding steroid dienone is 1. The van der Waals surface area contributed by atoms with Crippen LogP contribution < -0.4 is 24.6 Å². The minimum absolute atomic E-state index is 0.00425. The lowest BCUT2D eigenvalue weighted by Gasteiger charge is -2.37. The molecular formula is C35H39Cl2N5O5. The Balaban J connectivity index is 1.55. The summed E-state index contributed by atoms with van der Waals surface area (Å²) < 4.78 is 10.9. The van der Waals surface area contributed by atoms with Gasteiger partial charge in [-0.25, -0.2) is 9.78 Å². The van der Waals surface area contributed by atoms with E-state index in [1.807, 2.05) is 31.2 Å². The van der Waals surface area contributed by atoms with Crippen LogP contribution in [0.3, 0.4) is 0 Å². The molecular weight excluding hydrogens is 641 g/mol. The number of hydrogen-bond acceptors (Lipinski definition) is 8. The minimum Gasteiger partial charge on any atom is -0.495 e. The summed E-state index contributed by atoms with van der Waals surface area (Å²) in [7, 11) is 2.95. The highest BCUT2D eigenvalue weighted by Crippen LogP contribution is 2.48. The van der Waals surface area contributed by atoms with E-state index in [0.717, 1.165) is 36.8 Å². The number of Topliss-reactive ketones (excluding diaryl/α,β-unsaturated/α-hetero) is 1. The van der Waals surface area contributed by atoms with Crippen LogP contribution in [0.1, 0.15) is 62.1 Å². The molecule has 0 spiro atoms. The van der Waals surface area contributed by atoms with Crippen LogP contribution in [0, 0.1) is 5.92 Å². The summed E-state index contributed by atoms with van der Waals surface area (Å²) in [5, 5.41) is 3.78. The fourth-order valence-corrected chi connectivity index (χ4v) is 6.94. The van der Waals surface area contributed by atoms with E-state index < -0.39 is 6.03 Å². The zero-order valence-corrected chi connectivity index (χ0v) is 28.4. The maximum atomic E-state index is 14.5. The number of nitrogens with zero attached hydrogens (tertiary/aromatic N) is 4. The van der Waals surface area contributed by atoms with Crippen molar-refractivity contribution in [2.75, 3.05) is 29.3 Å². The first-order valence-electron chi connectivity index (χ1n) is 15.7. The van der Waals surface area contributed by atoms with Gasteiger partial charge in [-0.2, -0.15) is 4.98 Å². The Morgan fingerprint density at radius 2 is 1.79 bits per heavy atom. The molecule has 2 aliphatic rings. The molecule has 10 nitrogen and oxygen atoms in total. The van der Waals surface area contributed by atoms with Crippen LogP contribution in [0.2, 0.25) is 10.0 Å². The van der Waals surface area contributed by atoms with E-state index in [1.165, 1.54) is 25.2 Å². The third-order valence-electron chi connectivity index (χ3n) is 8.75. The first kappa shape index (κ1) is 34.2. The number of ether oxygens (including phenoxy) is 2. The molecule has 2 amide bonds. The Hall–Kier alpha value is -4.15. The Morgan fingerprint density at radius 3 is 2.47 bits per heavy atom. The van der Waals surface area contributed by atoms with Crippen LogP contribution in [0.15, 0.2) is 49.2 Å². The molecule has 47 heavy (non-hydrogen) atoms. The molecule has 2 heterocycles. The van der Waals surface area contributed by atoms with Gasteiger partial charge in [0.1, 0.15) is 33.1 Å². The molecule has 1 N–H and O–H groups in total. The molecule has 0 saturated heterocycles. The van der Waals surface area contributed by atoms with Crippen LogP contribution in [-0.2, 0) is 29.1 Å². The van der Waals surface area contributed by atoms with Gasteiger partial charge in [0.2, 0.25) is 5.95 Å². The molecule has 1 aliphatic carbocycles. The van der Waals surface area contributed by atoms with Crippen molar-refractivity contribution < 1.29 is 23.9 Å². The number of rotatable bonds is 13. The molecule has 1 aliphatic heterocycles. The number of ketones is 2. The number of aromatic nitrogens is 2. The largest absolute Gasteiger partial charge is 0.495 e. The van der Waals surface area contributed by atoms with Gasteiger partial charge in [0.05, 0.1) is 33.0 Å². The number of urea groups is 1. The predicted octanol–water partition coefficient (Wildman–Crippen LogP) is 7.58. The van der Waals surface area contributed by atoms with Crippen molar-refractivity contribution in [1.29, 1.82) is 0 Å². The molecule has 1 fully saturated rings. The Morgan fingerprint density at radius 1 is 1.09 bits per heavy atom. The number of anilines is 3. The summed E-state index contributed by atoms with van der Waals surface area (Å²) >= 11 is 13.5. The number of halogens is 2. The summed E-state index contributed by atoms with van der Waals surface area (Å²) in [4.78, 5) is 51.4. The summed E-state index contributed by atoms with van der Waals surface area (Å²) in [5.41, 5.74) is 2.59. The Labute approximate surface area is 285 Å². The zero-order chi connectivity index (χ0) is 33.7. The van der Waals surface area contributed by atoms with Gasteiger partial charge in [-0.15, -0.1) is 0 Å². The Bertz CT molecular complexity index is 1650. The van der Waals surface area contributed by atoms with E-state index in [-0.39, 0.29) is 52.3 Å². The fourth-order valence-electron chi connectivity index (χ4n) is 6.24. The topological polar surface area (TPSA) is 114 Å². The summed E-state index contributed by atoms with van der Waals surface area (Å²) in [6.07, 6.45) is 8.12. The van der Waals surface area contributed by atoms with Gasteiger partial charge in [-0.1, -0.05) is 73.8 Å². The molecule has 5 rings (SSSR count). The van der Waals surface area contributed by atoms with Gasteiger partial charge in [0.15, 0.2) is 5.78 Å². The highest BCUT2D eigenvalue weighted by molar-refractivity contribution is 6.42. The van der Waals surface area contributed by atoms with Gasteiger partial charge >= 0.3 is 6.03 Å². The molecule has 12 heteroatoms. The van der Waals surface area contributed by atoms with Crippen molar-refractivity contribution in [2.24, 2.45) is 5.92 Å². The first-order chi connectivity index (χ1) is 22.7. The van der Waals surface area contributed by atoms with Gasteiger partial charge in [-0.3, -0.25) is 19.4 Å². The lowest BCUT2D eigenvalue weighted by molar-refractivity contribution is -0.118. The van der Waals surface area contributed by atoms with Crippen molar-refractivity contribution in [3.63, 3.8) is 0 Å². The second-order valence-electron chi connectivity index (χ2n) is 11.8. The lowest BCUT2D eigenvalue weighted by atomic mass is 9.81. The van der Waals surface area contributed by atoms with Crippen LogP contribution in [0.4, 0.5) is 22.2 Å². The molecule has 248 valence electrons.